The monoisotopic (exact) mass is 415 g/mol. The third-order valence-electron chi connectivity index (χ3n) is 4.93. The summed E-state index contributed by atoms with van der Waals surface area (Å²) in [6.45, 7) is 1.81. The van der Waals surface area contributed by atoms with Crippen molar-refractivity contribution >= 4 is 40.5 Å². The minimum absolute atomic E-state index is 0.000325. The van der Waals surface area contributed by atoms with E-state index in [-0.39, 0.29) is 23.9 Å². The van der Waals surface area contributed by atoms with Gasteiger partial charge in [-0.2, -0.15) is 0 Å². The topological polar surface area (TPSA) is 40.5 Å². The Morgan fingerprint density at radius 2 is 1.71 bits per heavy atom. The molecule has 0 saturated carbocycles. The van der Waals surface area contributed by atoms with Crippen LogP contribution in [0.5, 0.6) is 5.75 Å². The predicted molar refractivity (Wildman–Crippen MR) is 110 cm³/mol. The Balaban J connectivity index is 1.98. The maximum Gasteiger partial charge on any atom is 0.231 e. The van der Waals surface area contributed by atoms with E-state index in [4.69, 9.17) is 23.2 Å². The minimum Gasteiger partial charge on any atom is -0.508 e. The number of carbonyl (C=O) groups is 1. The zero-order valence-electron chi connectivity index (χ0n) is 15.0. The smallest absolute Gasteiger partial charge is 0.231 e. The molecular weight excluding hydrogens is 400 g/mol. The van der Waals surface area contributed by atoms with Gasteiger partial charge >= 0.3 is 0 Å². The van der Waals surface area contributed by atoms with Gasteiger partial charge in [0.05, 0.1) is 21.4 Å². The normalized spacial score (nSPS) is 13.6. The van der Waals surface area contributed by atoms with Gasteiger partial charge < -0.3 is 5.11 Å². The fraction of sp³-hybridized carbons (Fsp3) is 0.136. The third kappa shape index (κ3) is 3.13. The van der Waals surface area contributed by atoms with E-state index in [1.807, 2.05) is 6.92 Å². The lowest BCUT2D eigenvalue weighted by Gasteiger charge is -2.32. The highest BCUT2D eigenvalue weighted by atomic mass is 35.5. The quantitative estimate of drug-likeness (QED) is 0.524. The number of anilines is 2. The highest BCUT2D eigenvalue weighted by Crippen LogP contribution is 2.46. The second-order valence-electron chi connectivity index (χ2n) is 6.75. The molecule has 0 bridgehead atoms. The molecule has 4 rings (SSSR count). The van der Waals surface area contributed by atoms with E-state index < -0.39 is 0 Å². The van der Waals surface area contributed by atoms with Crippen molar-refractivity contribution in [1.82, 2.24) is 0 Å². The molecule has 3 nitrogen and oxygen atoms in total. The van der Waals surface area contributed by atoms with Crippen LogP contribution in [0.1, 0.15) is 17.5 Å². The van der Waals surface area contributed by atoms with Crippen LogP contribution in [-0.2, 0) is 11.2 Å². The molecule has 3 aromatic carbocycles. The van der Waals surface area contributed by atoms with E-state index in [9.17, 15) is 14.3 Å². The molecule has 0 fully saturated rings. The summed E-state index contributed by atoms with van der Waals surface area (Å²) in [5.41, 5.74) is 4.10. The van der Waals surface area contributed by atoms with Crippen LogP contribution in [0.3, 0.4) is 0 Å². The zero-order valence-corrected chi connectivity index (χ0v) is 16.5. The number of amides is 1. The van der Waals surface area contributed by atoms with Crippen molar-refractivity contribution in [3.63, 3.8) is 0 Å². The molecule has 142 valence electrons. The lowest BCUT2D eigenvalue weighted by Crippen LogP contribution is -2.31. The molecule has 0 aromatic heterocycles. The number of aryl methyl sites for hydroxylation is 1. The number of benzene rings is 3. The zero-order chi connectivity index (χ0) is 20.0. The largest absolute Gasteiger partial charge is 0.508 e. The van der Waals surface area contributed by atoms with Gasteiger partial charge in [0.2, 0.25) is 5.91 Å². The number of hydrogen-bond donors (Lipinski definition) is 1. The van der Waals surface area contributed by atoms with Crippen molar-refractivity contribution in [3.05, 3.63) is 75.5 Å². The first-order chi connectivity index (χ1) is 13.4. The summed E-state index contributed by atoms with van der Waals surface area (Å²) in [6.07, 6.45) is 0.770. The maximum absolute atomic E-state index is 13.6. The van der Waals surface area contributed by atoms with Crippen LogP contribution in [-0.4, -0.2) is 11.0 Å². The van der Waals surface area contributed by atoms with E-state index in [1.165, 1.54) is 23.1 Å². The van der Waals surface area contributed by atoms with Crippen molar-refractivity contribution in [3.8, 4) is 16.9 Å². The molecule has 0 spiro atoms. The van der Waals surface area contributed by atoms with E-state index in [1.54, 1.807) is 30.3 Å². The second kappa shape index (κ2) is 7.12. The van der Waals surface area contributed by atoms with E-state index in [0.29, 0.717) is 27.8 Å². The number of rotatable bonds is 2. The summed E-state index contributed by atoms with van der Waals surface area (Å²) in [6, 6.07) is 12.7. The number of nitrogens with zero attached hydrogens (tertiary/aromatic N) is 1. The van der Waals surface area contributed by atoms with E-state index in [2.05, 4.69) is 0 Å². The molecule has 0 radical (unpaired) electrons. The highest BCUT2D eigenvalue weighted by Gasteiger charge is 2.31. The van der Waals surface area contributed by atoms with Gasteiger partial charge in [0.15, 0.2) is 0 Å². The average Bonchev–Trinajstić information content (AvgIpc) is 2.62. The van der Waals surface area contributed by atoms with Crippen LogP contribution in [0.15, 0.2) is 48.5 Å². The summed E-state index contributed by atoms with van der Waals surface area (Å²) in [5, 5.41) is 11.1. The highest BCUT2D eigenvalue weighted by molar-refractivity contribution is 6.40. The van der Waals surface area contributed by atoms with Crippen molar-refractivity contribution < 1.29 is 14.3 Å². The van der Waals surface area contributed by atoms with Gasteiger partial charge in [-0.3, -0.25) is 9.69 Å². The molecule has 1 aliphatic heterocycles. The Labute approximate surface area is 171 Å². The van der Waals surface area contributed by atoms with Crippen LogP contribution < -0.4 is 4.90 Å². The number of phenols is 1. The van der Waals surface area contributed by atoms with Gasteiger partial charge in [-0.05, 0) is 65.9 Å². The summed E-state index contributed by atoms with van der Waals surface area (Å²) in [4.78, 5) is 14.3. The molecule has 28 heavy (non-hydrogen) atoms. The number of halogens is 3. The Morgan fingerprint density at radius 3 is 2.39 bits per heavy atom. The number of aromatic hydroxyl groups is 1. The first kappa shape index (κ1) is 18.8. The molecule has 1 heterocycles. The van der Waals surface area contributed by atoms with Crippen molar-refractivity contribution in [2.45, 2.75) is 19.8 Å². The number of para-hydroxylation sites is 1. The van der Waals surface area contributed by atoms with Gasteiger partial charge in [0.25, 0.3) is 0 Å². The number of fused-ring (bicyclic) bond motifs is 1. The standard InChI is InChI=1S/C22H16Cl2FNO2/c1-12-9-13(25)5-6-15(12)17-10-14(27)11-20-16(17)7-8-21(28)26(20)22-18(23)3-2-4-19(22)24/h2-6,9-11,27H,7-8H2,1H3. The Hall–Kier alpha value is -2.56. The molecule has 0 aliphatic carbocycles. The van der Waals surface area contributed by atoms with Crippen molar-refractivity contribution in [2.75, 3.05) is 4.90 Å². The third-order valence-corrected chi connectivity index (χ3v) is 5.54. The fourth-order valence-corrected chi connectivity index (χ4v) is 4.27. The molecule has 1 aliphatic rings. The average molecular weight is 416 g/mol. The molecule has 0 unspecified atom stereocenters. The fourth-order valence-electron chi connectivity index (χ4n) is 3.70. The maximum atomic E-state index is 13.6. The molecule has 6 heteroatoms. The predicted octanol–water partition coefficient (Wildman–Crippen LogP) is 6.42. The first-order valence-corrected chi connectivity index (χ1v) is 9.52. The lowest BCUT2D eigenvalue weighted by atomic mass is 9.89. The van der Waals surface area contributed by atoms with Crippen LogP contribution in [0, 0.1) is 12.7 Å². The van der Waals surface area contributed by atoms with Crippen molar-refractivity contribution in [1.29, 1.82) is 0 Å². The number of phenolic OH excluding ortho intramolecular Hbond substituents is 1. The van der Waals surface area contributed by atoms with Gasteiger partial charge in [-0.25, -0.2) is 4.39 Å². The molecular formula is C22H16Cl2FNO2. The Bertz CT molecular complexity index is 1090. The lowest BCUT2D eigenvalue weighted by molar-refractivity contribution is -0.118. The summed E-state index contributed by atoms with van der Waals surface area (Å²) < 4.78 is 13.6. The summed E-state index contributed by atoms with van der Waals surface area (Å²) in [5.74, 6) is -0.481. The van der Waals surface area contributed by atoms with Crippen LogP contribution in [0.4, 0.5) is 15.8 Å². The second-order valence-corrected chi connectivity index (χ2v) is 7.56. The SMILES string of the molecule is Cc1cc(F)ccc1-c1cc(O)cc2c1CCC(=O)N2c1c(Cl)cccc1Cl. The molecule has 1 amide bonds. The Morgan fingerprint density at radius 1 is 1.00 bits per heavy atom. The van der Waals surface area contributed by atoms with Gasteiger partial charge in [0, 0.05) is 12.5 Å². The van der Waals surface area contributed by atoms with Crippen LogP contribution in [0.2, 0.25) is 10.0 Å². The van der Waals surface area contributed by atoms with Crippen LogP contribution in [0.25, 0.3) is 11.1 Å². The number of hydrogen-bond acceptors (Lipinski definition) is 2. The van der Waals surface area contributed by atoms with Crippen molar-refractivity contribution in [2.24, 2.45) is 0 Å². The molecule has 1 N–H and O–H groups in total. The van der Waals surface area contributed by atoms with Gasteiger partial charge in [0.1, 0.15) is 11.6 Å². The van der Waals surface area contributed by atoms with Gasteiger partial charge in [-0.1, -0.05) is 35.3 Å². The molecule has 0 saturated heterocycles. The minimum atomic E-state index is -0.324. The van der Waals surface area contributed by atoms with E-state index in [0.717, 1.165) is 22.3 Å². The van der Waals surface area contributed by atoms with Crippen LogP contribution >= 0.6 is 23.2 Å². The summed E-state index contributed by atoms with van der Waals surface area (Å²) >= 11 is 12.7. The summed E-state index contributed by atoms with van der Waals surface area (Å²) in [7, 11) is 0. The van der Waals surface area contributed by atoms with Gasteiger partial charge in [-0.15, -0.1) is 0 Å². The number of carbonyl (C=O) groups excluding carboxylic acids is 1. The first-order valence-electron chi connectivity index (χ1n) is 8.76. The molecule has 3 aromatic rings. The van der Waals surface area contributed by atoms with E-state index >= 15 is 0 Å². The Kier molecular flexibility index (Phi) is 4.77. The molecule has 0 atom stereocenters.